The number of anilines is 2. The van der Waals surface area contributed by atoms with Crippen LogP contribution in [-0.4, -0.2) is 24.5 Å². The van der Waals surface area contributed by atoms with Crippen LogP contribution in [0.1, 0.15) is 13.3 Å². The van der Waals surface area contributed by atoms with Crippen LogP contribution in [0.3, 0.4) is 0 Å². The van der Waals surface area contributed by atoms with E-state index in [1.807, 2.05) is 48.5 Å². The van der Waals surface area contributed by atoms with E-state index in [0.29, 0.717) is 5.69 Å². The normalized spacial score (nSPS) is 11.3. The summed E-state index contributed by atoms with van der Waals surface area (Å²) in [5, 5.41) is 5.81. The SMILES string of the molecule is CCOC(=O)C(CC(=O)Nc1ccccc1)Nc1ccccc1. The molecule has 0 aliphatic rings. The first kappa shape index (κ1) is 16.5. The highest BCUT2D eigenvalue weighted by Gasteiger charge is 2.23. The monoisotopic (exact) mass is 312 g/mol. The molecule has 120 valence electrons. The fourth-order valence-corrected chi connectivity index (χ4v) is 2.09. The van der Waals surface area contributed by atoms with Gasteiger partial charge in [0, 0.05) is 11.4 Å². The van der Waals surface area contributed by atoms with Crippen molar-refractivity contribution in [3.05, 3.63) is 60.7 Å². The quantitative estimate of drug-likeness (QED) is 0.771. The zero-order valence-electron chi connectivity index (χ0n) is 13.0. The molecule has 23 heavy (non-hydrogen) atoms. The topological polar surface area (TPSA) is 67.4 Å². The third kappa shape index (κ3) is 5.47. The van der Waals surface area contributed by atoms with Crippen molar-refractivity contribution < 1.29 is 14.3 Å². The van der Waals surface area contributed by atoms with Crippen LogP contribution in [0.2, 0.25) is 0 Å². The molecular formula is C18H20N2O3. The van der Waals surface area contributed by atoms with Crippen molar-refractivity contribution in [1.29, 1.82) is 0 Å². The molecule has 0 saturated heterocycles. The zero-order valence-corrected chi connectivity index (χ0v) is 13.0. The van der Waals surface area contributed by atoms with Crippen LogP contribution < -0.4 is 10.6 Å². The molecule has 0 aliphatic carbocycles. The lowest BCUT2D eigenvalue weighted by atomic mass is 10.1. The van der Waals surface area contributed by atoms with Gasteiger partial charge < -0.3 is 15.4 Å². The molecule has 5 heteroatoms. The largest absolute Gasteiger partial charge is 0.464 e. The maximum Gasteiger partial charge on any atom is 0.329 e. The Balaban J connectivity index is 2.01. The van der Waals surface area contributed by atoms with E-state index >= 15 is 0 Å². The van der Waals surface area contributed by atoms with Crippen molar-refractivity contribution in [2.24, 2.45) is 0 Å². The van der Waals surface area contributed by atoms with Crippen molar-refractivity contribution in [2.45, 2.75) is 19.4 Å². The van der Waals surface area contributed by atoms with Gasteiger partial charge >= 0.3 is 5.97 Å². The molecule has 0 aromatic heterocycles. The summed E-state index contributed by atoms with van der Waals surface area (Å²) >= 11 is 0. The first-order chi connectivity index (χ1) is 11.2. The molecule has 2 aromatic rings. The Morgan fingerprint density at radius 1 is 0.957 bits per heavy atom. The summed E-state index contributed by atoms with van der Waals surface area (Å²) in [4.78, 5) is 24.2. The Hall–Kier alpha value is -2.82. The minimum atomic E-state index is -0.735. The molecule has 0 saturated carbocycles. The number of amides is 1. The molecule has 0 radical (unpaired) electrons. The summed E-state index contributed by atoms with van der Waals surface area (Å²) in [7, 11) is 0. The second-order valence-electron chi connectivity index (χ2n) is 4.93. The number of para-hydroxylation sites is 2. The van der Waals surface area contributed by atoms with Crippen LogP contribution in [0.25, 0.3) is 0 Å². The van der Waals surface area contributed by atoms with Crippen molar-refractivity contribution in [3.8, 4) is 0 Å². The molecule has 1 atom stereocenters. The van der Waals surface area contributed by atoms with Crippen LogP contribution >= 0.6 is 0 Å². The van der Waals surface area contributed by atoms with Gasteiger partial charge in [0.05, 0.1) is 13.0 Å². The van der Waals surface area contributed by atoms with E-state index in [4.69, 9.17) is 4.74 Å². The van der Waals surface area contributed by atoms with Gasteiger partial charge in [-0.3, -0.25) is 4.79 Å². The van der Waals surface area contributed by atoms with Gasteiger partial charge in [-0.2, -0.15) is 0 Å². The third-order valence-corrected chi connectivity index (χ3v) is 3.13. The lowest BCUT2D eigenvalue weighted by molar-refractivity contribution is -0.145. The second-order valence-corrected chi connectivity index (χ2v) is 4.93. The zero-order chi connectivity index (χ0) is 16.5. The average Bonchev–Trinajstić information content (AvgIpc) is 2.56. The Morgan fingerprint density at radius 3 is 2.09 bits per heavy atom. The number of ether oxygens (including phenoxy) is 1. The highest BCUT2D eigenvalue weighted by Crippen LogP contribution is 2.12. The van der Waals surface area contributed by atoms with E-state index in [9.17, 15) is 9.59 Å². The molecule has 0 spiro atoms. The lowest BCUT2D eigenvalue weighted by Crippen LogP contribution is -2.35. The van der Waals surface area contributed by atoms with E-state index in [2.05, 4.69) is 10.6 Å². The number of nitrogens with one attached hydrogen (secondary N) is 2. The molecule has 0 aliphatic heterocycles. The molecule has 2 N–H and O–H groups in total. The fourth-order valence-electron chi connectivity index (χ4n) is 2.09. The minimum Gasteiger partial charge on any atom is -0.464 e. The van der Waals surface area contributed by atoms with Gasteiger partial charge in [0.1, 0.15) is 6.04 Å². The van der Waals surface area contributed by atoms with Crippen molar-refractivity contribution in [3.63, 3.8) is 0 Å². The van der Waals surface area contributed by atoms with Crippen LogP contribution in [0.4, 0.5) is 11.4 Å². The smallest absolute Gasteiger partial charge is 0.329 e. The first-order valence-corrected chi connectivity index (χ1v) is 7.52. The van der Waals surface area contributed by atoms with E-state index < -0.39 is 12.0 Å². The number of benzene rings is 2. The molecule has 0 bridgehead atoms. The summed E-state index contributed by atoms with van der Waals surface area (Å²) in [5.74, 6) is -0.697. The molecule has 0 heterocycles. The fraction of sp³-hybridized carbons (Fsp3) is 0.222. The van der Waals surface area contributed by atoms with E-state index in [0.717, 1.165) is 5.69 Å². The molecule has 0 fully saturated rings. The Kier molecular flexibility index (Phi) is 6.17. The summed E-state index contributed by atoms with van der Waals surface area (Å²) in [6, 6.07) is 17.7. The highest BCUT2D eigenvalue weighted by atomic mass is 16.5. The maximum absolute atomic E-state index is 12.2. The number of hydrogen-bond donors (Lipinski definition) is 2. The van der Waals surface area contributed by atoms with Gasteiger partial charge in [-0.15, -0.1) is 0 Å². The van der Waals surface area contributed by atoms with Crippen LogP contribution in [0.15, 0.2) is 60.7 Å². The van der Waals surface area contributed by atoms with Gasteiger partial charge in [0.2, 0.25) is 5.91 Å². The average molecular weight is 312 g/mol. The van der Waals surface area contributed by atoms with Crippen LogP contribution in [-0.2, 0) is 14.3 Å². The number of esters is 1. The predicted octanol–water partition coefficient (Wildman–Crippen LogP) is 3.06. The van der Waals surface area contributed by atoms with Gasteiger partial charge in [0.25, 0.3) is 0 Å². The highest BCUT2D eigenvalue weighted by molar-refractivity contribution is 5.95. The number of carbonyl (C=O) groups is 2. The van der Waals surface area contributed by atoms with E-state index in [1.54, 1.807) is 19.1 Å². The molecule has 1 amide bonds. The van der Waals surface area contributed by atoms with Crippen LogP contribution in [0.5, 0.6) is 0 Å². The summed E-state index contributed by atoms with van der Waals surface area (Å²) in [6.45, 7) is 2.01. The molecular weight excluding hydrogens is 292 g/mol. The van der Waals surface area contributed by atoms with Crippen molar-refractivity contribution >= 4 is 23.3 Å². The first-order valence-electron chi connectivity index (χ1n) is 7.52. The van der Waals surface area contributed by atoms with Crippen molar-refractivity contribution in [1.82, 2.24) is 0 Å². The van der Waals surface area contributed by atoms with Gasteiger partial charge in [-0.05, 0) is 31.2 Å². The predicted molar refractivity (Wildman–Crippen MR) is 90.2 cm³/mol. The standard InChI is InChI=1S/C18H20N2O3/c1-2-23-18(22)16(19-14-9-5-3-6-10-14)13-17(21)20-15-11-7-4-8-12-15/h3-12,16,19H,2,13H2,1H3,(H,20,21). The second kappa shape index (κ2) is 8.58. The Morgan fingerprint density at radius 2 is 1.52 bits per heavy atom. The molecule has 5 nitrogen and oxygen atoms in total. The molecule has 2 rings (SSSR count). The summed E-state index contributed by atoms with van der Waals surface area (Å²) < 4.78 is 5.05. The lowest BCUT2D eigenvalue weighted by Gasteiger charge is -2.18. The number of carbonyl (C=O) groups excluding carboxylic acids is 2. The van der Waals surface area contributed by atoms with Gasteiger partial charge in [-0.1, -0.05) is 36.4 Å². The maximum atomic E-state index is 12.2. The van der Waals surface area contributed by atoms with E-state index in [1.165, 1.54) is 0 Å². The van der Waals surface area contributed by atoms with Crippen molar-refractivity contribution in [2.75, 3.05) is 17.2 Å². The Bertz CT molecular complexity index is 629. The number of hydrogen-bond acceptors (Lipinski definition) is 4. The van der Waals surface area contributed by atoms with Crippen LogP contribution in [0, 0.1) is 0 Å². The summed E-state index contributed by atoms with van der Waals surface area (Å²) in [5.41, 5.74) is 1.46. The molecule has 2 aromatic carbocycles. The third-order valence-electron chi connectivity index (χ3n) is 3.13. The van der Waals surface area contributed by atoms with Gasteiger partial charge in [0.15, 0.2) is 0 Å². The summed E-state index contributed by atoms with van der Waals surface area (Å²) in [6.07, 6.45) is -0.0113. The van der Waals surface area contributed by atoms with Gasteiger partial charge in [-0.25, -0.2) is 4.79 Å². The molecule has 1 unspecified atom stereocenters. The minimum absolute atomic E-state index is 0.0113. The number of rotatable bonds is 7. The van der Waals surface area contributed by atoms with E-state index in [-0.39, 0.29) is 18.9 Å². The Labute approximate surface area is 135 Å².